The maximum atomic E-state index is 10.8. The summed E-state index contributed by atoms with van der Waals surface area (Å²) in [4.78, 5) is 23.4. The molecule has 2 heterocycles. The number of hydrogen-bond donors (Lipinski definition) is 3. The highest BCUT2D eigenvalue weighted by Crippen LogP contribution is 2.23. The van der Waals surface area contributed by atoms with Gasteiger partial charge in [0.15, 0.2) is 0 Å². The second-order valence-electron chi connectivity index (χ2n) is 5.26. The fourth-order valence-corrected chi connectivity index (χ4v) is 2.23. The highest BCUT2D eigenvalue weighted by atomic mass is 16.4. The van der Waals surface area contributed by atoms with Crippen molar-refractivity contribution in [1.82, 2.24) is 15.0 Å². The Balaban J connectivity index is 1.96. The Labute approximate surface area is 149 Å². The van der Waals surface area contributed by atoms with Crippen molar-refractivity contribution in [1.29, 1.82) is 5.26 Å². The third-order valence-corrected chi connectivity index (χ3v) is 3.36. The second kappa shape index (κ2) is 7.72. The van der Waals surface area contributed by atoms with E-state index in [2.05, 4.69) is 31.7 Å². The van der Waals surface area contributed by atoms with Gasteiger partial charge in [-0.25, -0.2) is 4.98 Å². The number of nitriles is 1. The van der Waals surface area contributed by atoms with Crippen LogP contribution < -0.4 is 10.6 Å². The van der Waals surface area contributed by atoms with Crippen LogP contribution >= 0.6 is 0 Å². The number of carboxylic acid groups (broad SMARTS) is 1. The molecule has 8 heteroatoms. The quantitative estimate of drug-likeness (QED) is 0.622. The van der Waals surface area contributed by atoms with Gasteiger partial charge in [-0.3, -0.25) is 9.78 Å². The number of pyridine rings is 1. The van der Waals surface area contributed by atoms with Crippen LogP contribution in [0.15, 0.2) is 54.9 Å². The van der Waals surface area contributed by atoms with E-state index in [0.717, 1.165) is 5.56 Å². The number of rotatable bonds is 6. The Morgan fingerprint density at radius 3 is 2.69 bits per heavy atom. The van der Waals surface area contributed by atoms with Gasteiger partial charge in [0.05, 0.1) is 17.3 Å². The molecule has 0 aliphatic heterocycles. The van der Waals surface area contributed by atoms with Crippen molar-refractivity contribution >= 4 is 23.4 Å². The lowest BCUT2D eigenvalue weighted by Gasteiger charge is -2.11. The van der Waals surface area contributed by atoms with Crippen LogP contribution in [0.3, 0.4) is 0 Å². The number of nitrogens with one attached hydrogen (secondary N) is 2. The Kier molecular flexibility index (Phi) is 5.00. The predicted octanol–water partition coefficient (Wildman–Crippen LogP) is 2.65. The number of aromatic nitrogens is 3. The van der Waals surface area contributed by atoms with Crippen molar-refractivity contribution in [3.63, 3.8) is 0 Å². The second-order valence-corrected chi connectivity index (χ2v) is 5.26. The van der Waals surface area contributed by atoms with E-state index in [1.165, 1.54) is 0 Å². The van der Waals surface area contributed by atoms with Gasteiger partial charge in [0.1, 0.15) is 12.4 Å². The summed E-state index contributed by atoms with van der Waals surface area (Å²) in [6.45, 7) is -0.302. The molecule has 0 spiro atoms. The molecule has 2 aromatic heterocycles. The molecular weight excluding hydrogens is 332 g/mol. The summed E-state index contributed by atoms with van der Waals surface area (Å²) in [5.41, 5.74) is 2.62. The van der Waals surface area contributed by atoms with Crippen LogP contribution in [0.25, 0.3) is 11.3 Å². The molecule has 0 aliphatic carbocycles. The average molecular weight is 346 g/mol. The first-order valence-corrected chi connectivity index (χ1v) is 7.66. The van der Waals surface area contributed by atoms with E-state index in [1.807, 2.05) is 0 Å². The molecule has 0 amide bonds. The first-order valence-electron chi connectivity index (χ1n) is 7.66. The zero-order valence-corrected chi connectivity index (χ0v) is 13.5. The van der Waals surface area contributed by atoms with Crippen LogP contribution in [0.1, 0.15) is 5.56 Å². The maximum absolute atomic E-state index is 10.8. The van der Waals surface area contributed by atoms with Gasteiger partial charge in [0.25, 0.3) is 0 Å². The Bertz CT molecular complexity index is 969. The van der Waals surface area contributed by atoms with Crippen LogP contribution in [-0.4, -0.2) is 32.6 Å². The summed E-state index contributed by atoms with van der Waals surface area (Å²) >= 11 is 0. The number of benzene rings is 1. The molecule has 26 heavy (non-hydrogen) atoms. The van der Waals surface area contributed by atoms with Gasteiger partial charge in [0.2, 0.25) is 5.95 Å². The fraction of sp³-hybridized carbons (Fsp3) is 0.0556. The monoisotopic (exact) mass is 346 g/mol. The highest BCUT2D eigenvalue weighted by Gasteiger charge is 2.08. The third-order valence-electron chi connectivity index (χ3n) is 3.36. The van der Waals surface area contributed by atoms with Crippen molar-refractivity contribution in [3.05, 3.63) is 60.4 Å². The van der Waals surface area contributed by atoms with Gasteiger partial charge < -0.3 is 15.7 Å². The number of nitrogens with zero attached hydrogens (tertiary/aromatic N) is 4. The lowest BCUT2D eigenvalue weighted by atomic mass is 10.2. The summed E-state index contributed by atoms with van der Waals surface area (Å²) in [6.07, 6.45) is 3.29. The first-order chi connectivity index (χ1) is 12.6. The number of aliphatic carboxylic acids is 1. The molecule has 3 aromatic rings. The summed E-state index contributed by atoms with van der Waals surface area (Å²) < 4.78 is 0. The molecular formula is C18H14N6O2. The molecule has 0 bridgehead atoms. The largest absolute Gasteiger partial charge is 0.480 e. The van der Waals surface area contributed by atoms with Crippen molar-refractivity contribution in [2.75, 3.05) is 17.2 Å². The number of carbonyl (C=O) groups is 1. The lowest BCUT2D eigenvalue weighted by molar-refractivity contribution is -0.134. The number of hydrogen-bond acceptors (Lipinski definition) is 7. The standard InChI is InChI=1S/C18H14N6O2/c19-10-12-2-1-3-14(8-12)22-16-9-15(13-4-6-20-7-5-13)23-18(24-16)21-11-17(25)26/h1-9H,11H2,(H,25,26)(H2,21,22,23,24). The molecule has 0 aliphatic rings. The molecule has 0 atom stereocenters. The smallest absolute Gasteiger partial charge is 0.322 e. The SMILES string of the molecule is N#Cc1cccc(Nc2cc(-c3ccncc3)nc(NCC(=O)O)n2)c1. The van der Waals surface area contributed by atoms with Crippen molar-refractivity contribution in [2.45, 2.75) is 0 Å². The maximum Gasteiger partial charge on any atom is 0.322 e. The molecule has 0 unspecified atom stereocenters. The van der Waals surface area contributed by atoms with Gasteiger partial charge in [0, 0.05) is 29.7 Å². The zero-order valence-electron chi connectivity index (χ0n) is 13.5. The minimum Gasteiger partial charge on any atom is -0.480 e. The van der Waals surface area contributed by atoms with Crippen LogP contribution in [0, 0.1) is 11.3 Å². The molecule has 128 valence electrons. The van der Waals surface area contributed by atoms with E-state index >= 15 is 0 Å². The molecule has 0 saturated carbocycles. The zero-order chi connectivity index (χ0) is 18.4. The minimum absolute atomic E-state index is 0.181. The van der Waals surface area contributed by atoms with Crippen LogP contribution in [-0.2, 0) is 4.79 Å². The third kappa shape index (κ3) is 4.30. The Morgan fingerprint density at radius 1 is 1.15 bits per heavy atom. The summed E-state index contributed by atoms with van der Waals surface area (Å²) in [5.74, 6) is -0.366. The first kappa shape index (κ1) is 16.9. The van der Waals surface area contributed by atoms with Crippen LogP contribution in [0.4, 0.5) is 17.5 Å². The highest BCUT2D eigenvalue weighted by molar-refractivity contribution is 5.73. The number of carboxylic acids is 1. The minimum atomic E-state index is -1.01. The molecule has 3 rings (SSSR count). The van der Waals surface area contributed by atoms with E-state index in [9.17, 15) is 4.79 Å². The van der Waals surface area contributed by atoms with Gasteiger partial charge >= 0.3 is 5.97 Å². The summed E-state index contributed by atoms with van der Waals surface area (Å²) in [7, 11) is 0. The molecule has 0 saturated heterocycles. The lowest BCUT2D eigenvalue weighted by Crippen LogP contribution is -2.15. The number of anilines is 3. The van der Waals surface area contributed by atoms with Crippen LogP contribution in [0.2, 0.25) is 0 Å². The van der Waals surface area contributed by atoms with Gasteiger partial charge in [-0.2, -0.15) is 10.2 Å². The molecule has 3 N–H and O–H groups in total. The van der Waals surface area contributed by atoms with E-state index in [1.54, 1.807) is 54.9 Å². The van der Waals surface area contributed by atoms with E-state index < -0.39 is 5.97 Å². The molecule has 0 fully saturated rings. The van der Waals surface area contributed by atoms with Crippen molar-refractivity contribution in [3.8, 4) is 17.3 Å². The Hall–Kier alpha value is -3.99. The van der Waals surface area contributed by atoms with Crippen molar-refractivity contribution < 1.29 is 9.90 Å². The predicted molar refractivity (Wildman–Crippen MR) is 95.8 cm³/mol. The average Bonchev–Trinajstić information content (AvgIpc) is 2.67. The van der Waals surface area contributed by atoms with E-state index in [-0.39, 0.29) is 12.5 Å². The van der Waals surface area contributed by atoms with E-state index in [0.29, 0.717) is 22.8 Å². The molecule has 8 nitrogen and oxygen atoms in total. The normalized spacial score (nSPS) is 9.96. The van der Waals surface area contributed by atoms with Gasteiger partial charge in [-0.05, 0) is 30.3 Å². The Morgan fingerprint density at radius 2 is 1.96 bits per heavy atom. The summed E-state index contributed by atoms with van der Waals surface area (Å²) in [6, 6.07) is 14.4. The van der Waals surface area contributed by atoms with Crippen LogP contribution in [0.5, 0.6) is 0 Å². The van der Waals surface area contributed by atoms with Gasteiger partial charge in [-0.15, -0.1) is 0 Å². The molecule has 0 radical (unpaired) electrons. The van der Waals surface area contributed by atoms with E-state index in [4.69, 9.17) is 10.4 Å². The summed E-state index contributed by atoms with van der Waals surface area (Å²) in [5, 5.41) is 23.6. The molecule has 1 aromatic carbocycles. The fourth-order valence-electron chi connectivity index (χ4n) is 2.23. The van der Waals surface area contributed by atoms with Crippen molar-refractivity contribution in [2.24, 2.45) is 0 Å². The van der Waals surface area contributed by atoms with Gasteiger partial charge in [-0.1, -0.05) is 6.07 Å². The topological polar surface area (TPSA) is 124 Å².